The van der Waals surface area contributed by atoms with E-state index in [1.807, 2.05) is 0 Å². The summed E-state index contributed by atoms with van der Waals surface area (Å²) in [6.45, 7) is 12.3. The minimum Gasteiger partial charge on any atom is -0.330 e. The zero-order valence-electron chi connectivity index (χ0n) is 12.2. The van der Waals surface area contributed by atoms with Crippen LogP contribution < -0.4 is 0 Å². The first kappa shape index (κ1) is 18.3. The topological polar surface area (TPSA) is 49.9 Å². The lowest BCUT2D eigenvalue weighted by molar-refractivity contribution is 0.278. The van der Waals surface area contributed by atoms with Gasteiger partial charge in [-0.2, -0.15) is 0 Å². The highest BCUT2D eigenvalue weighted by molar-refractivity contribution is 7.90. The molecule has 0 aliphatic rings. The van der Waals surface area contributed by atoms with E-state index < -0.39 is 18.3 Å². The Morgan fingerprint density at radius 1 is 0.944 bits per heavy atom. The molecule has 0 amide bonds. The summed E-state index contributed by atoms with van der Waals surface area (Å²) in [4.78, 5) is 0. The maximum absolute atomic E-state index is 11.1. The van der Waals surface area contributed by atoms with Crippen molar-refractivity contribution in [2.24, 2.45) is 0 Å². The van der Waals surface area contributed by atoms with E-state index in [0.717, 1.165) is 26.2 Å². The van der Waals surface area contributed by atoms with Gasteiger partial charge in [-0.25, -0.2) is 17.8 Å². The summed E-state index contributed by atoms with van der Waals surface area (Å²) in [5.41, 5.74) is 0. The molecule has 5 nitrogen and oxygen atoms in total. The van der Waals surface area contributed by atoms with Crippen LogP contribution in [0.2, 0.25) is 0 Å². The van der Waals surface area contributed by atoms with E-state index in [4.69, 9.17) is 4.52 Å². The summed E-state index contributed by atoms with van der Waals surface area (Å²) in [7, 11) is -3.79. The predicted octanol–water partition coefficient (Wildman–Crippen LogP) is 1.96. The van der Waals surface area contributed by atoms with Crippen LogP contribution in [0.4, 0.5) is 0 Å². The molecule has 0 aromatic heterocycles. The molecule has 0 radical (unpaired) electrons. The van der Waals surface area contributed by atoms with Crippen molar-refractivity contribution in [1.29, 1.82) is 0 Å². The summed E-state index contributed by atoms with van der Waals surface area (Å²) in [5.74, 6) is 0.0916. The Labute approximate surface area is 113 Å². The van der Waals surface area contributed by atoms with E-state index in [2.05, 4.69) is 37.0 Å². The summed E-state index contributed by atoms with van der Waals surface area (Å²) in [6.07, 6.45) is 1.24. The lowest BCUT2D eigenvalue weighted by Crippen LogP contribution is -2.30. The maximum Gasteiger partial charge on any atom is 0.187 e. The number of hydrogen-bond donors (Lipinski definition) is 0. The van der Waals surface area contributed by atoms with Gasteiger partial charge in [0.05, 0.1) is 12.4 Å². The first-order chi connectivity index (χ1) is 8.39. The molecule has 0 aromatic carbocycles. The van der Waals surface area contributed by atoms with Gasteiger partial charge in [0, 0.05) is 32.4 Å². The van der Waals surface area contributed by atoms with Crippen molar-refractivity contribution in [2.45, 2.75) is 27.7 Å². The van der Waals surface area contributed by atoms with Crippen LogP contribution in [0.15, 0.2) is 0 Å². The van der Waals surface area contributed by atoms with Gasteiger partial charge in [-0.1, -0.05) is 27.7 Å². The first-order valence-corrected chi connectivity index (χ1v) is 9.72. The van der Waals surface area contributed by atoms with E-state index in [9.17, 15) is 8.42 Å². The molecule has 0 N–H and O–H groups in total. The number of sulfone groups is 1. The SMILES string of the molecule is CCN(CC)P(OCCS(C)(=O)=O)N(CC)CC. The van der Waals surface area contributed by atoms with E-state index in [1.165, 1.54) is 6.26 Å². The molecular formula is C11H27N2O3PS. The molecule has 0 bridgehead atoms. The van der Waals surface area contributed by atoms with E-state index in [-0.39, 0.29) is 12.4 Å². The molecule has 0 fully saturated rings. The molecule has 0 aliphatic carbocycles. The molecular weight excluding hydrogens is 271 g/mol. The fourth-order valence-electron chi connectivity index (χ4n) is 1.54. The van der Waals surface area contributed by atoms with Gasteiger partial charge in [-0.15, -0.1) is 0 Å². The van der Waals surface area contributed by atoms with Gasteiger partial charge >= 0.3 is 0 Å². The maximum atomic E-state index is 11.1. The minimum absolute atomic E-state index is 0.0916. The summed E-state index contributed by atoms with van der Waals surface area (Å²) in [6, 6.07) is 0. The largest absolute Gasteiger partial charge is 0.330 e. The van der Waals surface area contributed by atoms with Crippen LogP contribution in [0.1, 0.15) is 27.7 Å². The Morgan fingerprint density at radius 3 is 1.61 bits per heavy atom. The third-order valence-electron chi connectivity index (χ3n) is 2.60. The molecule has 110 valence electrons. The van der Waals surface area contributed by atoms with Crippen LogP contribution in [0.5, 0.6) is 0 Å². The van der Waals surface area contributed by atoms with Gasteiger partial charge in [0.2, 0.25) is 0 Å². The molecule has 0 saturated heterocycles. The molecule has 0 aromatic rings. The molecule has 0 atom stereocenters. The van der Waals surface area contributed by atoms with Crippen molar-refractivity contribution in [1.82, 2.24) is 9.34 Å². The van der Waals surface area contributed by atoms with Crippen LogP contribution >= 0.6 is 8.45 Å². The van der Waals surface area contributed by atoms with Crippen molar-refractivity contribution in [3.8, 4) is 0 Å². The van der Waals surface area contributed by atoms with Crippen molar-refractivity contribution in [3.63, 3.8) is 0 Å². The molecule has 0 aliphatic heterocycles. The Bertz CT molecular complexity index is 291. The van der Waals surface area contributed by atoms with Crippen molar-refractivity contribution < 1.29 is 12.9 Å². The van der Waals surface area contributed by atoms with Crippen LogP contribution in [-0.4, -0.2) is 62.6 Å². The Morgan fingerprint density at radius 2 is 1.33 bits per heavy atom. The highest BCUT2D eigenvalue weighted by Crippen LogP contribution is 2.44. The Kier molecular flexibility index (Phi) is 9.34. The Balaban J connectivity index is 4.56. The normalized spacial score (nSPS) is 12.9. The summed E-state index contributed by atoms with van der Waals surface area (Å²) in [5, 5.41) is 0. The number of rotatable bonds is 10. The highest BCUT2D eigenvalue weighted by Gasteiger charge is 2.23. The fraction of sp³-hybridized carbons (Fsp3) is 1.00. The molecule has 0 spiro atoms. The quantitative estimate of drug-likeness (QED) is 0.577. The molecule has 0 unspecified atom stereocenters. The van der Waals surface area contributed by atoms with Crippen LogP contribution in [0.25, 0.3) is 0 Å². The van der Waals surface area contributed by atoms with Crippen molar-refractivity contribution >= 4 is 18.3 Å². The molecule has 0 heterocycles. The van der Waals surface area contributed by atoms with Gasteiger partial charge in [0.25, 0.3) is 0 Å². The Hall–Kier alpha value is 0.260. The lowest BCUT2D eigenvalue weighted by Gasteiger charge is -2.35. The average Bonchev–Trinajstić information content (AvgIpc) is 2.30. The second kappa shape index (κ2) is 9.21. The lowest BCUT2D eigenvalue weighted by atomic mass is 10.7. The molecule has 7 heteroatoms. The zero-order valence-corrected chi connectivity index (χ0v) is 13.9. The minimum atomic E-state index is -2.95. The number of nitrogens with zero attached hydrogens (tertiary/aromatic N) is 2. The van der Waals surface area contributed by atoms with Crippen molar-refractivity contribution in [3.05, 3.63) is 0 Å². The summed E-state index contributed by atoms with van der Waals surface area (Å²) >= 11 is 0. The first-order valence-electron chi connectivity index (χ1n) is 6.49. The van der Waals surface area contributed by atoms with E-state index in [1.54, 1.807) is 0 Å². The smallest absolute Gasteiger partial charge is 0.187 e. The van der Waals surface area contributed by atoms with Gasteiger partial charge in [0.15, 0.2) is 8.45 Å². The molecule has 0 rings (SSSR count). The van der Waals surface area contributed by atoms with Gasteiger partial charge < -0.3 is 4.52 Å². The monoisotopic (exact) mass is 298 g/mol. The highest BCUT2D eigenvalue weighted by atomic mass is 32.2. The van der Waals surface area contributed by atoms with Crippen LogP contribution in [0, 0.1) is 0 Å². The average molecular weight is 298 g/mol. The fourth-order valence-corrected chi connectivity index (χ4v) is 3.96. The molecule has 0 saturated carbocycles. The van der Waals surface area contributed by atoms with Gasteiger partial charge in [-0.05, 0) is 0 Å². The van der Waals surface area contributed by atoms with E-state index >= 15 is 0 Å². The van der Waals surface area contributed by atoms with E-state index in [0.29, 0.717) is 0 Å². The second-order valence-corrected chi connectivity index (χ2v) is 8.15. The van der Waals surface area contributed by atoms with Crippen LogP contribution in [0.3, 0.4) is 0 Å². The summed E-state index contributed by atoms with van der Waals surface area (Å²) < 4.78 is 32.6. The van der Waals surface area contributed by atoms with Gasteiger partial charge in [0.1, 0.15) is 9.84 Å². The molecule has 18 heavy (non-hydrogen) atoms. The second-order valence-electron chi connectivity index (χ2n) is 3.99. The number of hydrogen-bond acceptors (Lipinski definition) is 5. The third-order valence-corrected chi connectivity index (χ3v) is 6.03. The predicted molar refractivity (Wildman–Crippen MR) is 78.4 cm³/mol. The van der Waals surface area contributed by atoms with Crippen molar-refractivity contribution in [2.75, 3.05) is 44.8 Å². The third kappa shape index (κ3) is 7.00. The van der Waals surface area contributed by atoms with Crippen LogP contribution in [-0.2, 0) is 14.4 Å². The van der Waals surface area contributed by atoms with Gasteiger partial charge in [-0.3, -0.25) is 0 Å². The zero-order chi connectivity index (χ0) is 14.2. The standard InChI is InChI=1S/C11H27N2O3PS/c1-6-12(7-2)17(13(8-3)9-4)16-10-11-18(5,14)15/h6-11H2,1-5H3.